The third-order valence-corrected chi connectivity index (χ3v) is 5.95. The number of carbonyl (C=O) groups is 2. The van der Waals surface area contributed by atoms with E-state index in [4.69, 9.17) is 16.1 Å². The number of nitrogens with one attached hydrogen (secondary N) is 1. The highest BCUT2D eigenvalue weighted by Crippen LogP contribution is 2.34. The molecule has 34 heavy (non-hydrogen) atoms. The van der Waals surface area contributed by atoms with Gasteiger partial charge >= 0.3 is 0 Å². The third kappa shape index (κ3) is 5.39. The lowest BCUT2D eigenvalue weighted by Gasteiger charge is -2.34. The molecular formula is C23H22ClF2N5O3. The van der Waals surface area contributed by atoms with Crippen molar-refractivity contribution in [2.45, 2.75) is 43.7 Å². The van der Waals surface area contributed by atoms with Gasteiger partial charge in [0, 0.05) is 54.2 Å². The minimum Gasteiger partial charge on any atom is -0.356 e. The summed E-state index contributed by atoms with van der Waals surface area (Å²) in [7, 11) is 0. The predicted octanol–water partition coefficient (Wildman–Crippen LogP) is 4.14. The Balaban J connectivity index is 1.65. The van der Waals surface area contributed by atoms with Crippen LogP contribution in [0.1, 0.15) is 37.3 Å². The second-order valence-corrected chi connectivity index (χ2v) is 8.30. The van der Waals surface area contributed by atoms with E-state index < -0.39 is 29.8 Å². The Bertz CT molecular complexity index is 1100. The Morgan fingerprint density at radius 1 is 1.15 bits per heavy atom. The highest BCUT2D eigenvalue weighted by atomic mass is 35.5. The molecule has 2 aromatic heterocycles. The summed E-state index contributed by atoms with van der Waals surface area (Å²) in [5, 5.41) is 6.51. The number of aromatic nitrogens is 3. The van der Waals surface area contributed by atoms with Crippen LogP contribution in [0.15, 0.2) is 59.8 Å². The zero-order chi connectivity index (χ0) is 24.1. The smallest absolute Gasteiger partial charge is 0.248 e. The highest BCUT2D eigenvalue weighted by Gasteiger charge is 2.38. The maximum atomic E-state index is 13.6. The molecule has 0 unspecified atom stereocenters. The van der Waals surface area contributed by atoms with E-state index in [-0.39, 0.29) is 31.6 Å². The van der Waals surface area contributed by atoms with Crippen molar-refractivity contribution in [3.8, 4) is 11.3 Å². The average molecular weight is 490 g/mol. The predicted molar refractivity (Wildman–Crippen MR) is 120 cm³/mol. The molecule has 1 saturated carbocycles. The van der Waals surface area contributed by atoms with Crippen LogP contribution in [0.25, 0.3) is 11.3 Å². The Hall–Kier alpha value is -3.40. The molecule has 0 spiro atoms. The molecular weight excluding hydrogens is 468 g/mol. The summed E-state index contributed by atoms with van der Waals surface area (Å²) in [6.45, 7) is 0. The molecule has 0 saturated heterocycles. The van der Waals surface area contributed by atoms with Gasteiger partial charge in [0.25, 0.3) is 0 Å². The first kappa shape index (κ1) is 23.7. The Morgan fingerprint density at radius 3 is 2.41 bits per heavy atom. The fraction of sp³-hybridized carbons (Fsp3) is 0.348. The number of anilines is 1. The number of rotatable bonds is 7. The minimum atomic E-state index is -2.72. The van der Waals surface area contributed by atoms with Crippen molar-refractivity contribution in [1.82, 2.24) is 20.4 Å². The summed E-state index contributed by atoms with van der Waals surface area (Å²) in [4.78, 5) is 35.6. The minimum absolute atomic E-state index is 0.145. The summed E-state index contributed by atoms with van der Waals surface area (Å²) in [5.74, 6) is -3.60. The molecule has 8 nitrogen and oxygen atoms in total. The van der Waals surface area contributed by atoms with Crippen LogP contribution in [0.3, 0.4) is 0 Å². The van der Waals surface area contributed by atoms with Gasteiger partial charge in [-0.2, -0.15) is 0 Å². The lowest BCUT2D eigenvalue weighted by molar-refractivity contribution is -0.127. The monoisotopic (exact) mass is 489 g/mol. The molecule has 0 aliphatic heterocycles. The summed E-state index contributed by atoms with van der Waals surface area (Å²) in [5.41, 5.74) is 1.50. The molecule has 1 aliphatic carbocycles. The number of nitrogens with zero attached hydrogens (tertiary/aromatic N) is 4. The molecule has 0 radical (unpaired) electrons. The maximum absolute atomic E-state index is 13.6. The Labute approximate surface area is 199 Å². The quantitative estimate of drug-likeness (QED) is 0.500. The van der Waals surface area contributed by atoms with Gasteiger partial charge in [0.1, 0.15) is 18.2 Å². The van der Waals surface area contributed by atoms with Gasteiger partial charge in [-0.3, -0.25) is 14.5 Å². The topological polar surface area (TPSA) is 101 Å². The van der Waals surface area contributed by atoms with E-state index in [0.717, 1.165) is 5.56 Å². The Morgan fingerprint density at radius 2 is 1.82 bits per heavy atom. The van der Waals surface area contributed by atoms with Crippen molar-refractivity contribution >= 4 is 29.1 Å². The van der Waals surface area contributed by atoms with Crippen LogP contribution < -0.4 is 10.2 Å². The number of alkyl halides is 3. The lowest BCUT2D eigenvalue weighted by Crippen LogP contribution is -2.48. The van der Waals surface area contributed by atoms with Crippen molar-refractivity contribution in [1.29, 1.82) is 0 Å². The first-order valence-electron chi connectivity index (χ1n) is 10.7. The first-order valence-corrected chi connectivity index (χ1v) is 11.2. The Kier molecular flexibility index (Phi) is 7.16. The van der Waals surface area contributed by atoms with Gasteiger partial charge < -0.3 is 9.84 Å². The maximum Gasteiger partial charge on any atom is 0.248 e. The summed E-state index contributed by atoms with van der Waals surface area (Å²) in [6, 6.07) is 6.89. The van der Waals surface area contributed by atoms with Gasteiger partial charge in [0.15, 0.2) is 5.76 Å². The second-order valence-electron chi connectivity index (χ2n) is 8.03. The third-order valence-electron chi connectivity index (χ3n) is 5.72. The molecule has 1 aromatic carbocycles. The summed E-state index contributed by atoms with van der Waals surface area (Å²) in [6.07, 6.45) is 5.38. The van der Waals surface area contributed by atoms with Crippen LogP contribution in [0.4, 0.5) is 14.5 Å². The van der Waals surface area contributed by atoms with Crippen LogP contribution in [0.5, 0.6) is 0 Å². The van der Waals surface area contributed by atoms with Crippen LogP contribution in [0, 0.1) is 0 Å². The number of amides is 2. The van der Waals surface area contributed by atoms with Crippen molar-refractivity contribution in [3.05, 3.63) is 60.8 Å². The molecule has 11 heteroatoms. The number of halogens is 3. The molecule has 2 amide bonds. The van der Waals surface area contributed by atoms with Crippen molar-refractivity contribution < 1.29 is 22.9 Å². The standard InChI is InChI=1S/C23H22ClF2N5O3/c24-11-20(32)31(18-3-1-15(2-4-18)19-7-10-29-34-19)21(16-12-27-14-28-13-16)22(33)30-17-5-8-23(25,26)9-6-17/h1-4,7,10,12-14,17,21H,5-6,8-9,11H2,(H,30,33)/t21-/m0/s1. The van der Waals surface area contributed by atoms with E-state index in [1.807, 2.05) is 0 Å². The van der Waals surface area contributed by atoms with Gasteiger partial charge in [-0.05, 0) is 37.1 Å². The van der Waals surface area contributed by atoms with Crippen LogP contribution in [-0.2, 0) is 9.59 Å². The van der Waals surface area contributed by atoms with Crippen molar-refractivity contribution in [2.75, 3.05) is 10.8 Å². The number of hydrogen-bond donors (Lipinski definition) is 1. The van der Waals surface area contributed by atoms with Crippen LogP contribution in [-0.4, -0.2) is 44.8 Å². The second kappa shape index (κ2) is 10.3. The van der Waals surface area contributed by atoms with Gasteiger partial charge in [0.05, 0.1) is 6.20 Å². The van der Waals surface area contributed by atoms with Gasteiger partial charge in [-0.25, -0.2) is 18.7 Å². The molecule has 2 heterocycles. The number of carbonyl (C=O) groups excluding carboxylic acids is 2. The van der Waals surface area contributed by atoms with E-state index >= 15 is 0 Å². The van der Waals surface area contributed by atoms with E-state index in [1.165, 1.54) is 29.8 Å². The molecule has 0 bridgehead atoms. The molecule has 1 fully saturated rings. The average Bonchev–Trinajstić information content (AvgIpc) is 3.39. The molecule has 1 aliphatic rings. The lowest BCUT2D eigenvalue weighted by atomic mass is 9.92. The molecule has 1 N–H and O–H groups in total. The van der Waals surface area contributed by atoms with Crippen LogP contribution in [0.2, 0.25) is 0 Å². The molecule has 3 aromatic rings. The van der Waals surface area contributed by atoms with E-state index in [2.05, 4.69) is 20.4 Å². The van der Waals surface area contributed by atoms with Crippen molar-refractivity contribution in [3.63, 3.8) is 0 Å². The van der Waals surface area contributed by atoms with E-state index in [9.17, 15) is 18.4 Å². The van der Waals surface area contributed by atoms with E-state index in [0.29, 0.717) is 17.0 Å². The number of benzene rings is 1. The zero-order valence-corrected chi connectivity index (χ0v) is 18.8. The van der Waals surface area contributed by atoms with Gasteiger partial charge in [0.2, 0.25) is 17.7 Å². The van der Waals surface area contributed by atoms with E-state index in [1.54, 1.807) is 30.3 Å². The highest BCUT2D eigenvalue weighted by molar-refractivity contribution is 6.29. The first-order chi connectivity index (χ1) is 16.4. The fourth-order valence-corrected chi connectivity index (χ4v) is 4.12. The molecule has 4 rings (SSSR count). The fourth-order valence-electron chi connectivity index (χ4n) is 3.99. The van der Waals surface area contributed by atoms with Gasteiger partial charge in [-0.15, -0.1) is 11.6 Å². The van der Waals surface area contributed by atoms with Crippen molar-refractivity contribution in [2.24, 2.45) is 0 Å². The molecule has 1 atom stereocenters. The molecule has 178 valence electrons. The van der Waals surface area contributed by atoms with Gasteiger partial charge in [-0.1, -0.05) is 5.16 Å². The zero-order valence-electron chi connectivity index (χ0n) is 18.0. The summed E-state index contributed by atoms with van der Waals surface area (Å²) < 4.78 is 32.3. The normalized spacial score (nSPS) is 16.6. The number of hydrogen-bond acceptors (Lipinski definition) is 6. The SMILES string of the molecule is O=C(NC1CCC(F)(F)CC1)[C@H](c1cncnc1)N(C(=O)CCl)c1ccc(-c2ccno2)cc1. The largest absolute Gasteiger partial charge is 0.356 e. The van der Waals surface area contributed by atoms with Crippen LogP contribution >= 0.6 is 11.6 Å². The summed E-state index contributed by atoms with van der Waals surface area (Å²) >= 11 is 5.91.